The van der Waals surface area contributed by atoms with Crippen molar-refractivity contribution >= 4 is 45.1 Å². The minimum absolute atomic E-state index is 0.130. The number of hydrogen-bond donors (Lipinski definition) is 2. The van der Waals surface area contributed by atoms with Crippen LogP contribution in [0.25, 0.3) is 0 Å². The first-order chi connectivity index (χ1) is 15.3. The topological polar surface area (TPSA) is 108 Å². The van der Waals surface area contributed by atoms with Gasteiger partial charge in [0.25, 0.3) is 0 Å². The van der Waals surface area contributed by atoms with Crippen LogP contribution in [0, 0.1) is 5.92 Å². The Kier molecular flexibility index (Phi) is 6.90. The number of sulfonamides is 1. The van der Waals surface area contributed by atoms with Crippen LogP contribution < -0.4 is 10.0 Å². The van der Waals surface area contributed by atoms with Gasteiger partial charge in [0.05, 0.1) is 17.0 Å². The first kappa shape index (κ1) is 23.6. The molecule has 9 nitrogen and oxygen atoms in total. The van der Waals surface area contributed by atoms with Gasteiger partial charge in [-0.3, -0.25) is 4.90 Å². The van der Waals surface area contributed by atoms with Gasteiger partial charge in [-0.2, -0.15) is 0 Å². The molecule has 178 valence electrons. The van der Waals surface area contributed by atoms with Crippen molar-refractivity contribution < 1.29 is 22.7 Å². The quantitative estimate of drug-likeness (QED) is 0.593. The summed E-state index contributed by atoms with van der Waals surface area (Å²) in [4.78, 5) is 28.3. The van der Waals surface area contributed by atoms with Crippen molar-refractivity contribution in [2.75, 3.05) is 33.3 Å². The highest BCUT2D eigenvalue weighted by atomic mass is 35.5. The second-order valence-electron chi connectivity index (χ2n) is 8.65. The lowest BCUT2D eigenvalue weighted by molar-refractivity contribution is 0.0426. The van der Waals surface area contributed by atoms with Crippen molar-refractivity contribution in [3.8, 4) is 0 Å². The maximum Gasteiger partial charge on any atom is 0.410 e. The molecule has 2 saturated carbocycles. The molecule has 3 amide bonds. The molecule has 12 heteroatoms. The molecule has 2 N–H and O–H groups in total. The fraction of sp³-hybridized carbons (Fsp3) is 0.700. The molecule has 3 fully saturated rings. The Bertz CT molecular complexity index is 971. The third-order valence-corrected chi connectivity index (χ3v) is 10.2. The van der Waals surface area contributed by atoms with E-state index in [1.54, 1.807) is 15.9 Å². The molecule has 2 heterocycles. The predicted octanol–water partition coefficient (Wildman–Crippen LogP) is 2.86. The number of rotatable bonds is 7. The van der Waals surface area contributed by atoms with Crippen molar-refractivity contribution in [2.45, 2.75) is 54.3 Å². The highest BCUT2D eigenvalue weighted by Crippen LogP contribution is 2.48. The van der Waals surface area contributed by atoms with E-state index in [0.717, 1.165) is 37.0 Å². The number of halogens is 1. The van der Waals surface area contributed by atoms with Gasteiger partial charge in [0.2, 0.25) is 10.0 Å². The number of hydrogen-bond acceptors (Lipinski definition) is 6. The van der Waals surface area contributed by atoms with E-state index in [0.29, 0.717) is 36.8 Å². The van der Waals surface area contributed by atoms with Crippen LogP contribution in [-0.2, 0) is 14.8 Å². The molecule has 2 aliphatic carbocycles. The third kappa shape index (κ3) is 4.44. The molecule has 1 aliphatic heterocycles. The van der Waals surface area contributed by atoms with Crippen molar-refractivity contribution in [3.63, 3.8) is 0 Å². The van der Waals surface area contributed by atoms with Gasteiger partial charge in [-0.15, -0.1) is 11.3 Å². The van der Waals surface area contributed by atoms with Gasteiger partial charge in [-0.05, 0) is 43.7 Å². The van der Waals surface area contributed by atoms with E-state index in [4.69, 9.17) is 16.3 Å². The molecule has 1 aromatic rings. The summed E-state index contributed by atoms with van der Waals surface area (Å²) in [6, 6.07) is 2.50. The first-order valence-electron chi connectivity index (χ1n) is 10.9. The molecule has 3 atom stereocenters. The fourth-order valence-electron chi connectivity index (χ4n) is 5.49. The van der Waals surface area contributed by atoms with Crippen LogP contribution in [0.5, 0.6) is 0 Å². The van der Waals surface area contributed by atoms with E-state index in [2.05, 4.69) is 10.0 Å². The van der Waals surface area contributed by atoms with E-state index in [-0.39, 0.29) is 22.7 Å². The van der Waals surface area contributed by atoms with Crippen LogP contribution in [0.15, 0.2) is 16.3 Å². The minimum atomic E-state index is -3.79. The molecule has 32 heavy (non-hydrogen) atoms. The second-order valence-corrected chi connectivity index (χ2v) is 12.3. The van der Waals surface area contributed by atoms with E-state index < -0.39 is 27.7 Å². The number of carbonyl (C=O) groups is 2. The summed E-state index contributed by atoms with van der Waals surface area (Å²) in [5.74, 6) is 0.130. The van der Waals surface area contributed by atoms with Crippen molar-refractivity contribution in [1.29, 1.82) is 0 Å². The molecule has 0 spiro atoms. The Labute approximate surface area is 197 Å². The Morgan fingerprint density at radius 1 is 1.38 bits per heavy atom. The Morgan fingerprint density at radius 2 is 2.19 bits per heavy atom. The largest absolute Gasteiger partial charge is 0.453 e. The fourth-order valence-corrected chi connectivity index (χ4v) is 8.36. The summed E-state index contributed by atoms with van der Waals surface area (Å²) >= 11 is 6.99. The Hall–Kier alpha value is -1.56. The Balaban J connectivity index is 1.64. The summed E-state index contributed by atoms with van der Waals surface area (Å²) < 4.78 is 35.1. The lowest BCUT2D eigenvalue weighted by Gasteiger charge is -2.45. The maximum absolute atomic E-state index is 13.2. The van der Waals surface area contributed by atoms with Gasteiger partial charge in [-0.1, -0.05) is 24.4 Å². The monoisotopic (exact) mass is 504 g/mol. The van der Waals surface area contributed by atoms with Crippen molar-refractivity contribution in [3.05, 3.63) is 16.5 Å². The molecule has 1 saturated heterocycles. The highest BCUT2D eigenvalue weighted by Gasteiger charge is 2.55. The maximum atomic E-state index is 13.2. The zero-order valence-corrected chi connectivity index (χ0v) is 20.4. The number of thiophene rings is 1. The van der Waals surface area contributed by atoms with Gasteiger partial charge in [0.15, 0.2) is 0 Å². The number of methoxy groups -OCH3 is 1. The standard InChI is InChI=1S/C20H29ClN4O5S2/c1-30-19(27)25(13-12-24-11-10-22-18(24)26)20-8-3-2-4-14(7-9-20)17(20)23-32(28,29)16-6-5-15(21)31-16/h5-6,14,17,23H,2-4,7-13H2,1H3,(H,22,26)/t14-,17-,20-/m0/s1. The lowest BCUT2D eigenvalue weighted by atomic mass is 9.86. The highest BCUT2D eigenvalue weighted by molar-refractivity contribution is 7.91. The van der Waals surface area contributed by atoms with Crippen LogP contribution in [0.4, 0.5) is 9.59 Å². The summed E-state index contributed by atoms with van der Waals surface area (Å²) in [7, 11) is -2.46. The van der Waals surface area contributed by atoms with Crippen molar-refractivity contribution in [2.24, 2.45) is 5.92 Å². The number of nitrogens with one attached hydrogen (secondary N) is 2. The normalized spacial score (nSPS) is 27.8. The summed E-state index contributed by atoms with van der Waals surface area (Å²) in [5.41, 5.74) is -0.696. The molecule has 3 aliphatic rings. The number of ether oxygens (including phenoxy) is 1. The number of carbonyl (C=O) groups excluding carboxylic acids is 2. The van der Waals surface area contributed by atoms with Crippen LogP contribution >= 0.6 is 22.9 Å². The van der Waals surface area contributed by atoms with Crippen LogP contribution in [0.2, 0.25) is 4.34 Å². The number of amides is 3. The zero-order chi connectivity index (χ0) is 22.9. The van der Waals surface area contributed by atoms with Gasteiger partial charge < -0.3 is 15.0 Å². The molecule has 0 radical (unpaired) electrons. The van der Waals surface area contributed by atoms with Crippen molar-refractivity contribution in [1.82, 2.24) is 19.8 Å². The van der Waals surface area contributed by atoms with Crippen LogP contribution in [0.3, 0.4) is 0 Å². The molecular weight excluding hydrogens is 476 g/mol. The molecular formula is C20H29ClN4O5S2. The smallest absolute Gasteiger partial charge is 0.410 e. The lowest BCUT2D eigenvalue weighted by Crippen LogP contribution is -2.63. The van der Waals surface area contributed by atoms with Gasteiger partial charge >= 0.3 is 12.1 Å². The molecule has 1 aromatic heterocycles. The molecule has 0 aromatic carbocycles. The average molecular weight is 505 g/mol. The summed E-state index contributed by atoms with van der Waals surface area (Å²) in [5, 5.41) is 2.77. The number of urea groups is 1. The van der Waals surface area contributed by atoms with E-state index in [1.807, 2.05) is 0 Å². The van der Waals surface area contributed by atoms with Gasteiger partial charge in [0, 0.05) is 32.2 Å². The van der Waals surface area contributed by atoms with E-state index in [1.165, 1.54) is 13.2 Å². The third-order valence-electron chi connectivity index (χ3n) is 7.00. The molecule has 4 rings (SSSR count). The summed E-state index contributed by atoms with van der Waals surface area (Å²) in [6.07, 6.45) is 4.51. The molecule has 0 unspecified atom stereocenters. The van der Waals surface area contributed by atoms with E-state index >= 15 is 0 Å². The molecule has 2 bridgehead atoms. The number of fused-ring (bicyclic) bond motifs is 2. The van der Waals surface area contributed by atoms with E-state index in [9.17, 15) is 18.0 Å². The van der Waals surface area contributed by atoms with Gasteiger partial charge in [0.1, 0.15) is 4.21 Å². The first-order valence-corrected chi connectivity index (χ1v) is 13.6. The number of nitrogens with zero attached hydrogens (tertiary/aromatic N) is 2. The predicted molar refractivity (Wildman–Crippen MR) is 121 cm³/mol. The SMILES string of the molecule is COC(=O)N(CCN1CCNC1=O)[C@@]12CCCC[C@@H](CC1)[C@@H]2NS(=O)(=O)c1ccc(Cl)s1. The zero-order valence-electron chi connectivity index (χ0n) is 18.0. The summed E-state index contributed by atoms with van der Waals surface area (Å²) in [6.45, 7) is 1.82. The van der Waals surface area contributed by atoms with Crippen LogP contribution in [-0.4, -0.2) is 75.2 Å². The Morgan fingerprint density at radius 3 is 2.84 bits per heavy atom. The van der Waals surface area contributed by atoms with Gasteiger partial charge in [-0.25, -0.2) is 22.7 Å². The van der Waals surface area contributed by atoms with Crippen LogP contribution in [0.1, 0.15) is 38.5 Å². The average Bonchev–Trinajstić information content (AvgIpc) is 3.42. The second kappa shape index (κ2) is 9.36. The minimum Gasteiger partial charge on any atom is -0.453 e.